The van der Waals surface area contributed by atoms with E-state index in [9.17, 15) is 9.59 Å². The topological polar surface area (TPSA) is 65.1 Å². The van der Waals surface area contributed by atoms with Gasteiger partial charge in [0.05, 0.1) is 19.2 Å². The first-order chi connectivity index (χ1) is 11.8. The number of nitrogens with zero attached hydrogens (tertiary/aromatic N) is 1. The van der Waals surface area contributed by atoms with E-state index in [-0.39, 0.29) is 24.5 Å². The molecule has 1 aromatic carbocycles. The monoisotopic (exact) mass is 349 g/mol. The van der Waals surface area contributed by atoms with Gasteiger partial charge in [-0.1, -0.05) is 0 Å². The number of likely N-dealkylation sites (tertiary alicyclic amines) is 1. The third-order valence-electron chi connectivity index (χ3n) is 3.97. The molecule has 0 aliphatic carbocycles. The lowest BCUT2D eigenvalue weighted by Crippen LogP contribution is -2.40. The molecule has 1 aliphatic heterocycles. The van der Waals surface area contributed by atoms with Crippen LogP contribution in [0.4, 0.5) is 0 Å². The van der Waals surface area contributed by atoms with Crippen LogP contribution >= 0.6 is 0 Å². The van der Waals surface area contributed by atoms with Crippen molar-refractivity contribution in [3.05, 3.63) is 29.8 Å². The highest BCUT2D eigenvalue weighted by molar-refractivity contribution is 5.89. The largest absolute Gasteiger partial charge is 0.492 e. The third-order valence-corrected chi connectivity index (χ3v) is 3.97. The smallest absolute Gasteiger partial charge is 0.337 e. The minimum Gasteiger partial charge on any atom is -0.492 e. The highest BCUT2D eigenvalue weighted by atomic mass is 16.6. The third kappa shape index (κ3) is 6.05. The molecule has 1 saturated heterocycles. The Bertz CT molecular complexity index is 591. The fraction of sp³-hybridized carbons (Fsp3) is 0.579. The van der Waals surface area contributed by atoms with E-state index in [1.54, 1.807) is 24.3 Å². The van der Waals surface area contributed by atoms with Gasteiger partial charge in [0.2, 0.25) is 0 Å². The van der Waals surface area contributed by atoms with Gasteiger partial charge >= 0.3 is 11.9 Å². The van der Waals surface area contributed by atoms with Gasteiger partial charge in [-0.15, -0.1) is 0 Å². The summed E-state index contributed by atoms with van der Waals surface area (Å²) in [5, 5.41) is 0. The van der Waals surface area contributed by atoms with Crippen LogP contribution in [0.5, 0.6) is 5.75 Å². The van der Waals surface area contributed by atoms with Gasteiger partial charge in [-0.2, -0.15) is 0 Å². The average Bonchev–Trinajstić information content (AvgIpc) is 2.97. The van der Waals surface area contributed by atoms with Crippen molar-refractivity contribution in [1.82, 2.24) is 4.90 Å². The van der Waals surface area contributed by atoms with Crippen molar-refractivity contribution in [2.24, 2.45) is 0 Å². The fourth-order valence-electron chi connectivity index (χ4n) is 2.83. The summed E-state index contributed by atoms with van der Waals surface area (Å²) in [6.45, 7) is 7.26. The first-order valence-corrected chi connectivity index (χ1v) is 8.55. The Kier molecular flexibility index (Phi) is 6.42. The van der Waals surface area contributed by atoms with Crippen LogP contribution in [0.1, 0.15) is 44.0 Å². The Labute approximate surface area is 149 Å². The Morgan fingerprint density at radius 1 is 1.20 bits per heavy atom. The summed E-state index contributed by atoms with van der Waals surface area (Å²) in [6, 6.07) is 7.04. The second-order valence-corrected chi connectivity index (χ2v) is 7.18. The highest BCUT2D eigenvalue weighted by Gasteiger charge is 2.28. The van der Waals surface area contributed by atoms with Gasteiger partial charge in [0.1, 0.15) is 18.0 Å². The molecule has 0 aromatic heterocycles. The SMILES string of the molecule is COC(=O)c1ccc(OC[C@@H]2CCCN2CC(=O)OC(C)(C)C)cc1. The number of carbonyl (C=O) groups is 2. The van der Waals surface area contributed by atoms with Crippen molar-refractivity contribution in [2.75, 3.05) is 26.8 Å². The summed E-state index contributed by atoms with van der Waals surface area (Å²) in [5.74, 6) is 0.115. The molecular formula is C19H27NO5. The molecule has 1 heterocycles. The maximum atomic E-state index is 12.0. The first-order valence-electron chi connectivity index (χ1n) is 8.55. The van der Waals surface area contributed by atoms with Crippen LogP contribution in [0.15, 0.2) is 24.3 Å². The molecule has 2 rings (SSSR count). The lowest BCUT2D eigenvalue weighted by Gasteiger charge is -2.26. The molecule has 1 fully saturated rings. The fourth-order valence-corrected chi connectivity index (χ4v) is 2.83. The molecule has 0 saturated carbocycles. The predicted octanol–water partition coefficient (Wildman–Crippen LogP) is 2.66. The van der Waals surface area contributed by atoms with Crippen molar-refractivity contribution in [1.29, 1.82) is 0 Å². The van der Waals surface area contributed by atoms with E-state index in [0.717, 1.165) is 19.4 Å². The average molecular weight is 349 g/mol. The Balaban J connectivity index is 1.85. The van der Waals surface area contributed by atoms with Gasteiger partial charge in [-0.25, -0.2) is 4.79 Å². The number of methoxy groups -OCH3 is 1. The molecule has 0 radical (unpaired) electrons. The molecular weight excluding hydrogens is 322 g/mol. The summed E-state index contributed by atoms with van der Waals surface area (Å²) >= 11 is 0. The summed E-state index contributed by atoms with van der Waals surface area (Å²) in [7, 11) is 1.35. The second kappa shape index (κ2) is 8.34. The van der Waals surface area contributed by atoms with Crippen LogP contribution in [0.3, 0.4) is 0 Å². The lowest BCUT2D eigenvalue weighted by molar-refractivity contribution is -0.156. The van der Waals surface area contributed by atoms with Crippen molar-refractivity contribution in [3.63, 3.8) is 0 Å². The van der Waals surface area contributed by atoms with Crippen LogP contribution < -0.4 is 4.74 Å². The summed E-state index contributed by atoms with van der Waals surface area (Å²) in [4.78, 5) is 25.5. The standard InChI is InChI=1S/C19H27NO5/c1-19(2,3)25-17(21)12-20-11-5-6-15(20)13-24-16-9-7-14(8-10-16)18(22)23-4/h7-10,15H,5-6,11-13H2,1-4H3/t15-/m0/s1. The molecule has 0 amide bonds. The number of hydrogen-bond acceptors (Lipinski definition) is 6. The first kappa shape index (κ1) is 19.2. The van der Waals surface area contributed by atoms with Gasteiger partial charge < -0.3 is 14.2 Å². The van der Waals surface area contributed by atoms with Gasteiger partial charge in [0.25, 0.3) is 0 Å². The molecule has 6 nitrogen and oxygen atoms in total. The van der Waals surface area contributed by atoms with E-state index in [2.05, 4.69) is 9.64 Å². The number of esters is 2. The summed E-state index contributed by atoms with van der Waals surface area (Å²) < 4.78 is 15.9. The maximum Gasteiger partial charge on any atom is 0.337 e. The zero-order valence-electron chi connectivity index (χ0n) is 15.4. The van der Waals surface area contributed by atoms with E-state index >= 15 is 0 Å². The van der Waals surface area contributed by atoms with Gasteiger partial charge in [-0.05, 0) is 64.4 Å². The van der Waals surface area contributed by atoms with Crippen molar-refractivity contribution in [2.45, 2.75) is 45.3 Å². The maximum absolute atomic E-state index is 12.0. The van der Waals surface area contributed by atoms with Gasteiger partial charge in [-0.3, -0.25) is 9.69 Å². The van der Waals surface area contributed by atoms with Gasteiger partial charge in [0.15, 0.2) is 0 Å². The zero-order chi connectivity index (χ0) is 18.4. The number of hydrogen-bond donors (Lipinski definition) is 0. The quantitative estimate of drug-likeness (QED) is 0.736. The lowest BCUT2D eigenvalue weighted by atomic mass is 10.2. The van der Waals surface area contributed by atoms with Gasteiger partial charge in [0, 0.05) is 6.04 Å². The van der Waals surface area contributed by atoms with Crippen molar-refractivity contribution < 1.29 is 23.8 Å². The van der Waals surface area contributed by atoms with Crippen molar-refractivity contribution in [3.8, 4) is 5.75 Å². The number of benzene rings is 1. The molecule has 1 aliphatic rings. The van der Waals surface area contributed by atoms with Crippen LogP contribution in [-0.2, 0) is 14.3 Å². The normalized spacial score (nSPS) is 18.0. The predicted molar refractivity (Wildman–Crippen MR) is 93.7 cm³/mol. The van der Waals surface area contributed by atoms with Crippen LogP contribution in [0, 0.1) is 0 Å². The Hall–Kier alpha value is -2.08. The zero-order valence-corrected chi connectivity index (χ0v) is 15.4. The van der Waals surface area contributed by atoms with Crippen molar-refractivity contribution >= 4 is 11.9 Å². The number of rotatable bonds is 6. The van der Waals surface area contributed by atoms with E-state index in [4.69, 9.17) is 9.47 Å². The second-order valence-electron chi connectivity index (χ2n) is 7.18. The van der Waals surface area contributed by atoms with E-state index in [0.29, 0.717) is 17.9 Å². The number of carbonyl (C=O) groups excluding carboxylic acids is 2. The minimum absolute atomic E-state index is 0.188. The molecule has 0 spiro atoms. The molecule has 6 heteroatoms. The summed E-state index contributed by atoms with van der Waals surface area (Å²) in [6.07, 6.45) is 2.03. The number of ether oxygens (including phenoxy) is 3. The molecule has 0 bridgehead atoms. The highest BCUT2D eigenvalue weighted by Crippen LogP contribution is 2.20. The van der Waals surface area contributed by atoms with Crippen LogP contribution in [0.2, 0.25) is 0 Å². The Morgan fingerprint density at radius 2 is 1.88 bits per heavy atom. The van der Waals surface area contributed by atoms with E-state index in [1.165, 1.54) is 7.11 Å². The molecule has 1 atom stereocenters. The Morgan fingerprint density at radius 3 is 2.48 bits per heavy atom. The summed E-state index contributed by atoms with van der Waals surface area (Å²) in [5.41, 5.74) is 0.0201. The van der Waals surface area contributed by atoms with E-state index < -0.39 is 5.60 Å². The van der Waals surface area contributed by atoms with E-state index in [1.807, 2.05) is 20.8 Å². The van der Waals surface area contributed by atoms with Crippen LogP contribution in [0.25, 0.3) is 0 Å². The minimum atomic E-state index is -0.468. The van der Waals surface area contributed by atoms with Crippen LogP contribution in [-0.4, -0.2) is 55.3 Å². The molecule has 138 valence electrons. The molecule has 25 heavy (non-hydrogen) atoms. The molecule has 0 unspecified atom stereocenters. The molecule has 1 aromatic rings. The molecule has 0 N–H and O–H groups in total.